The number of rotatable bonds is 5. The Morgan fingerprint density at radius 1 is 1.24 bits per heavy atom. The number of carbonyl (C=O) groups excluding carboxylic acids is 1. The number of nitrogens with zero attached hydrogens (tertiary/aromatic N) is 3. The van der Waals surface area contributed by atoms with Crippen molar-refractivity contribution in [2.24, 2.45) is 4.40 Å². The molecule has 1 N–H and O–H groups in total. The molecular formula is C19H20N4O5S. The van der Waals surface area contributed by atoms with Crippen LogP contribution in [-0.2, 0) is 10.0 Å². The first-order valence-corrected chi connectivity index (χ1v) is 10.3. The van der Waals surface area contributed by atoms with Crippen LogP contribution in [0.3, 0.4) is 0 Å². The molecule has 0 aliphatic carbocycles. The molecule has 1 amide bonds. The molecule has 0 radical (unpaired) electrons. The second kappa shape index (κ2) is 8.00. The summed E-state index contributed by atoms with van der Waals surface area (Å²) in [6.07, 6.45) is 1.45. The summed E-state index contributed by atoms with van der Waals surface area (Å²) in [5, 5.41) is 13.6. The first-order valence-electron chi connectivity index (χ1n) is 8.89. The van der Waals surface area contributed by atoms with Gasteiger partial charge in [0, 0.05) is 42.9 Å². The molecule has 1 aliphatic heterocycles. The number of nitro benzene ring substituents is 1. The maximum Gasteiger partial charge on any atom is 0.284 e. The molecule has 1 heterocycles. The Morgan fingerprint density at radius 2 is 2.00 bits per heavy atom. The average Bonchev–Trinajstić information content (AvgIpc) is 3.06. The topological polar surface area (TPSA) is 122 Å². The summed E-state index contributed by atoms with van der Waals surface area (Å²) in [5.74, 6) is -0.0732. The Kier molecular flexibility index (Phi) is 5.64. The fourth-order valence-electron chi connectivity index (χ4n) is 2.99. The van der Waals surface area contributed by atoms with E-state index in [0.717, 1.165) is 13.0 Å². The van der Waals surface area contributed by atoms with Crippen molar-refractivity contribution in [2.75, 3.05) is 18.9 Å². The van der Waals surface area contributed by atoms with Crippen molar-refractivity contribution < 1.29 is 18.1 Å². The summed E-state index contributed by atoms with van der Waals surface area (Å²) in [6, 6.07) is 9.90. The maximum absolute atomic E-state index is 12.6. The summed E-state index contributed by atoms with van der Waals surface area (Å²) in [6.45, 7) is 2.34. The Labute approximate surface area is 168 Å². The van der Waals surface area contributed by atoms with E-state index in [-0.39, 0.29) is 21.8 Å². The van der Waals surface area contributed by atoms with Crippen molar-refractivity contribution in [1.29, 1.82) is 0 Å². The summed E-state index contributed by atoms with van der Waals surface area (Å²) in [5.41, 5.74) is 0.629. The molecule has 2 aromatic rings. The van der Waals surface area contributed by atoms with E-state index in [2.05, 4.69) is 9.71 Å². The maximum atomic E-state index is 12.6. The zero-order chi connectivity index (χ0) is 21.2. The van der Waals surface area contributed by atoms with E-state index in [1.54, 1.807) is 18.9 Å². The van der Waals surface area contributed by atoms with E-state index in [1.165, 1.54) is 42.5 Å². The number of anilines is 1. The zero-order valence-electron chi connectivity index (χ0n) is 16.0. The third-order valence-electron chi connectivity index (χ3n) is 4.62. The molecule has 29 heavy (non-hydrogen) atoms. The molecule has 0 spiro atoms. The van der Waals surface area contributed by atoms with E-state index in [0.29, 0.717) is 17.8 Å². The number of amides is 1. The minimum Gasteiger partial charge on any atom is -0.362 e. The second-order valence-corrected chi connectivity index (χ2v) is 8.35. The Bertz CT molecular complexity index is 1110. The number of nitrogens with one attached hydrogen (secondary N) is 1. The predicted octanol–water partition coefficient (Wildman–Crippen LogP) is 2.97. The highest BCUT2D eigenvalue weighted by molar-refractivity contribution is 7.90. The monoisotopic (exact) mass is 416 g/mol. The van der Waals surface area contributed by atoms with E-state index in [4.69, 9.17) is 0 Å². The average molecular weight is 416 g/mol. The number of hydrogen-bond acceptors (Lipinski definition) is 5. The first kappa shape index (κ1) is 20.5. The Hall–Kier alpha value is -3.27. The number of nitro groups is 1. The number of amidine groups is 1. The van der Waals surface area contributed by atoms with Crippen LogP contribution in [0.2, 0.25) is 0 Å². The number of hydrogen-bond donors (Lipinski definition) is 1. The van der Waals surface area contributed by atoms with E-state index in [9.17, 15) is 23.3 Å². The summed E-state index contributed by atoms with van der Waals surface area (Å²) < 4.78 is 29.1. The summed E-state index contributed by atoms with van der Waals surface area (Å²) in [4.78, 5) is 24.7. The third kappa shape index (κ3) is 4.60. The van der Waals surface area contributed by atoms with Crippen LogP contribution < -0.4 is 5.32 Å². The third-order valence-corrected chi connectivity index (χ3v) is 5.92. The van der Waals surface area contributed by atoms with Crippen LogP contribution >= 0.6 is 0 Å². The van der Waals surface area contributed by atoms with Gasteiger partial charge in [0.05, 0.1) is 9.82 Å². The van der Waals surface area contributed by atoms with E-state index in [1.807, 2.05) is 0 Å². The van der Waals surface area contributed by atoms with E-state index < -0.39 is 20.9 Å². The largest absolute Gasteiger partial charge is 0.362 e. The molecule has 0 bridgehead atoms. The fourth-order valence-corrected chi connectivity index (χ4v) is 4.13. The summed E-state index contributed by atoms with van der Waals surface area (Å²) in [7, 11) is -2.13. The number of sulfonamides is 1. The van der Waals surface area contributed by atoms with Crippen LogP contribution in [-0.4, -0.2) is 43.6 Å². The standard InChI is InChI=1S/C19H20N4O5S/c1-13-8-9-14(11-17(13)23(25)26)19(24)20-15-5-3-6-16(12-15)29(27,28)21-18-7-4-10-22(18)2/h3,5-6,8-9,11-12H,4,7,10H2,1-2H3,(H,20,24). The predicted molar refractivity (Wildman–Crippen MR) is 109 cm³/mol. The SMILES string of the molecule is Cc1ccc(C(=O)Nc2cccc(S(=O)(=O)N=C3CCCN3C)c2)cc1[N+](=O)[O-]. The Morgan fingerprint density at radius 3 is 2.66 bits per heavy atom. The molecule has 9 nitrogen and oxygen atoms in total. The van der Waals surface area contributed by atoms with Gasteiger partial charge in [0.15, 0.2) is 0 Å². The number of carbonyl (C=O) groups is 1. The molecule has 2 aromatic carbocycles. The van der Waals surface area contributed by atoms with Crippen molar-refractivity contribution in [3.8, 4) is 0 Å². The van der Waals surface area contributed by atoms with Crippen molar-refractivity contribution in [1.82, 2.24) is 4.90 Å². The molecule has 1 aliphatic rings. The minimum absolute atomic E-state index is 0.0435. The molecule has 0 atom stereocenters. The zero-order valence-corrected chi connectivity index (χ0v) is 16.8. The van der Waals surface area contributed by atoms with Gasteiger partial charge in [0.1, 0.15) is 5.84 Å². The van der Waals surface area contributed by atoms with E-state index >= 15 is 0 Å². The van der Waals surface area contributed by atoms with Crippen molar-refractivity contribution in [3.05, 3.63) is 63.7 Å². The number of aryl methyl sites for hydroxylation is 1. The molecule has 10 heteroatoms. The minimum atomic E-state index is -3.92. The van der Waals surface area contributed by atoms with Crippen LogP contribution in [0.5, 0.6) is 0 Å². The van der Waals surface area contributed by atoms with Gasteiger partial charge >= 0.3 is 0 Å². The molecule has 0 aromatic heterocycles. The number of benzene rings is 2. The smallest absolute Gasteiger partial charge is 0.284 e. The highest BCUT2D eigenvalue weighted by atomic mass is 32.2. The summed E-state index contributed by atoms with van der Waals surface area (Å²) >= 11 is 0. The van der Waals surface area contributed by atoms with Crippen molar-refractivity contribution in [3.63, 3.8) is 0 Å². The Balaban J connectivity index is 1.84. The molecule has 0 unspecified atom stereocenters. The highest BCUT2D eigenvalue weighted by Crippen LogP contribution is 2.22. The molecule has 3 rings (SSSR count). The normalized spacial score (nSPS) is 15.5. The lowest BCUT2D eigenvalue weighted by Crippen LogP contribution is -2.20. The number of likely N-dealkylation sites (tertiary alicyclic amines) is 1. The molecule has 152 valence electrons. The van der Waals surface area contributed by atoms with Gasteiger partial charge in [-0.05, 0) is 37.6 Å². The van der Waals surface area contributed by atoms with Gasteiger partial charge in [0.25, 0.3) is 21.6 Å². The van der Waals surface area contributed by atoms with Gasteiger partial charge in [0.2, 0.25) is 0 Å². The molecule has 1 fully saturated rings. The highest BCUT2D eigenvalue weighted by Gasteiger charge is 2.21. The van der Waals surface area contributed by atoms with Gasteiger partial charge in [-0.25, -0.2) is 0 Å². The quantitative estimate of drug-likeness (QED) is 0.591. The van der Waals surface area contributed by atoms with Gasteiger partial charge in [-0.15, -0.1) is 4.40 Å². The van der Waals surface area contributed by atoms with Crippen molar-refractivity contribution in [2.45, 2.75) is 24.7 Å². The van der Waals surface area contributed by atoms with Crippen LogP contribution in [0.4, 0.5) is 11.4 Å². The lowest BCUT2D eigenvalue weighted by Gasteiger charge is -2.11. The van der Waals surface area contributed by atoms with Gasteiger partial charge < -0.3 is 10.2 Å². The second-order valence-electron chi connectivity index (χ2n) is 6.75. The lowest BCUT2D eigenvalue weighted by atomic mass is 10.1. The van der Waals surface area contributed by atoms with Gasteiger partial charge in [-0.1, -0.05) is 12.1 Å². The molecule has 0 saturated carbocycles. The first-order chi connectivity index (χ1) is 13.7. The molecule has 1 saturated heterocycles. The van der Waals surface area contributed by atoms with Crippen LogP contribution in [0, 0.1) is 17.0 Å². The fraction of sp³-hybridized carbons (Fsp3) is 0.263. The van der Waals surface area contributed by atoms with Crippen LogP contribution in [0.1, 0.15) is 28.8 Å². The molecular weight excluding hydrogens is 396 g/mol. The van der Waals surface area contributed by atoms with Crippen LogP contribution in [0.25, 0.3) is 0 Å². The lowest BCUT2D eigenvalue weighted by molar-refractivity contribution is -0.385. The van der Waals surface area contributed by atoms with Gasteiger partial charge in [-0.2, -0.15) is 8.42 Å². The van der Waals surface area contributed by atoms with Crippen LogP contribution in [0.15, 0.2) is 51.8 Å². The van der Waals surface area contributed by atoms with Gasteiger partial charge in [-0.3, -0.25) is 14.9 Å². The van der Waals surface area contributed by atoms with Crippen molar-refractivity contribution >= 4 is 33.1 Å².